The van der Waals surface area contributed by atoms with Gasteiger partial charge in [-0.05, 0) is 74.2 Å². The summed E-state index contributed by atoms with van der Waals surface area (Å²) >= 11 is 0. The molecule has 1 aromatic heterocycles. The first-order valence-electron chi connectivity index (χ1n) is 12.5. The highest BCUT2D eigenvalue weighted by molar-refractivity contribution is 5.97. The highest BCUT2D eigenvalue weighted by Gasteiger charge is 2.31. The number of nitrogens with zero attached hydrogens (tertiary/aromatic N) is 3. The summed E-state index contributed by atoms with van der Waals surface area (Å²) in [6, 6.07) is 19.3. The van der Waals surface area contributed by atoms with Crippen LogP contribution in [-0.4, -0.2) is 39.9 Å². The predicted octanol–water partition coefficient (Wildman–Crippen LogP) is 5.21. The maximum atomic E-state index is 11.8. The number of carbonyl (C=O) groups is 1. The molecule has 2 N–H and O–H groups in total. The molecule has 188 valence electrons. The van der Waals surface area contributed by atoms with Crippen LogP contribution in [-0.2, 0) is 11.2 Å². The number of piperidine rings is 1. The lowest BCUT2D eigenvalue weighted by atomic mass is 9.85. The first-order valence-corrected chi connectivity index (χ1v) is 12.5. The molecule has 0 radical (unpaired) electrons. The second kappa shape index (κ2) is 10.4. The number of hydrogen-bond donors (Lipinski definition) is 2. The van der Waals surface area contributed by atoms with Crippen molar-refractivity contribution in [3.8, 4) is 34.7 Å². The van der Waals surface area contributed by atoms with E-state index in [1.54, 1.807) is 18.2 Å². The van der Waals surface area contributed by atoms with Crippen LogP contribution in [0.3, 0.4) is 0 Å². The molecule has 1 aliphatic heterocycles. The molecule has 8 nitrogen and oxygen atoms in total. The van der Waals surface area contributed by atoms with E-state index in [4.69, 9.17) is 9.26 Å². The molecule has 2 atom stereocenters. The number of fused-ring (bicyclic) bond motifs is 1. The van der Waals surface area contributed by atoms with Gasteiger partial charge < -0.3 is 19.7 Å². The molecular weight excluding hydrogens is 468 g/mol. The number of ether oxygens (including phenoxy) is 1. The Morgan fingerprint density at radius 3 is 2.78 bits per heavy atom. The van der Waals surface area contributed by atoms with Gasteiger partial charge in [-0.3, -0.25) is 4.79 Å². The van der Waals surface area contributed by atoms with Crippen molar-refractivity contribution in [3.05, 3.63) is 65.7 Å². The first-order chi connectivity index (χ1) is 17.9. The SMILES string of the molecule is CC(C)Oc1ccc(-c2nc(-c3ccc(CC4NCCCC4C(=O)O)c4ccccc34)no2)cc1C#N. The van der Waals surface area contributed by atoms with Crippen molar-refractivity contribution in [1.29, 1.82) is 5.26 Å². The Labute approximate surface area is 214 Å². The fraction of sp³-hybridized carbons (Fsp3) is 0.310. The van der Waals surface area contributed by atoms with Crippen LogP contribution in [0.1, 0.15) is 37.8 Å². The Bertz CT molecular complexity index is 1490. The molecule has 3 aromatic carbocycles. The van der Waals surface area contributed by atoms with Crippen LogP contribution in [0.15, 0.2) is 59.1 Å². The Morgan fingerprint density at radius 2 is 2.03 bits per heavy atom. The van der Waals surface area contributed by atoms with Gasteiger partial charge in [0.05, 0.1) is 17.6 Å². The van der Waals surface area contributed by atoms with E-state index >= 15 is 0 Å². The molecule has 37 heavy (non-hydrogen) atoms. The maximum Gasteiger partial charge on any atom is 0.308 e. The molecule has 0 aliphatic carbocycles. The van der Waals surface area contributed by atoms with Crippen molar-refractivity contribution in [2.24, 2.45) is 5.92 Å². The number of hydrogen-bond acceptors (Lipinski definition) is 7. The highest BCUT2D eigenvalue weighted by Crippen LogP contribution is 2.33. The number of benzene rings is 3. The second-order valence-electron chi connectivity index (χ2n) is 9.58. The number of nitriles is 1. The Balaban J connectivity index is 1.47. The molecule has 2 heterocycles. The van der Waals surface area contributed by atoms with Crippen molar-refractivity contribution in [2.75, 3.05) is 6.54 Å². The minimum Gasteiger partial charge on any atom is -0.490 e. The number of aromatic nitrogens is 2. The number of rotatable bonds is 7. The van der Waals surface area contributed by atoms with Crippen LogP contribution >= 0.6 is 0 Å². The summed E-state index contributed by atoms with van der Waals surface area (Å²) in [6.45, 7) is 4.64. The van der Waals surface area contributed by atoms with Crippen molar-refractivity contribution in [2.45, 2.75) is 45.3 Å². The molecule has 5 rings (SSSR count). The van der Waals surface area contributed by atoms with Gasteiger partial charge in [-0.1, -0.05) is 41.6 Å². The smallest absolute Gasteiger partial charge is 0.308 e. The van der Waals surface area contributed by atoms with Crippen molar-refractivity contribution in [1.82, 2.24) is 15.5 Å². The maximum absolute atomic E-state index is 11.8. The molecule has 1 saturated heterocycles. The fourth-order valence-corrected chi connectivity index (χ4v) is 4.99. The van der Waals surface area contributed by atoms with Gasteiger partial charge in [-0.15, -0.1) is 0 Å². The van der Waals surface area contributed by atoms with E-state index in [1.165, 1.54) is 0 Å². The largest absolute Gasteiger partial charge is 0.490 e. The van der Waals surface area contributed by atoms with Crippen LogP contribution in [0.5, 0.6) is 5.75 Å². The van der Waals surface area contributed by atoms with Gasteiger partial charge in [0.25, 0.3) is 5.89 Å². The van der Waals surface area contributed by atoms with Gasteiger partial charge in [-0.2, -0.15) is 10.2 Å². The average Bonchev–Trinajstić information content (AvgIpc) is 3.39. The van der Waals surface area contributed by atoms with Crippen LogP contribution in [0.4, 0.5) is 0 Å². The molecule has 2 unspecified atom stereocenters. The van der Waals surface area contributed by atoms with E-state index in [2.05, 4.69) is 21.5 Å². The fourth-order valence-electron chi connectivity index (χ4n) is 4.99. The number of nitrogens with one attached hydrogen (secondary N) is 1. The topological polar surface area (TPSA) is 121 Å². The van der Waals surface area contributed by atoms with E-state index in [0.717, 1.165) is 34.9 Å². The highest BCUT2D eigenvalue weighted by atomic mass is 16.5. The standard InChI is InChI=1S/C29H28N4O4/c1-17(2)36-26-12-10-19(14-20(26)16-30)28-32-27(33-37-28)23-11-9-18(21-6-3-4-7-22(21)23)15-25-24(29(34)35)8-5-13-31-25/h3-4,6-7,9-12,14,17,24-25,31H,5,8,13,15H2,1-2H3,(H,34,35). The zero-order chi connectivity index (χ0) is 25.9. The lowest BCUT2D eigenvalue weighted by Gasteiger charge is -2.30. The van der Waals surface area contributed by atoms with Crippen molar-refractivity contribution in [3.63, 3.8) is 0 Å². The molecule has 0 saturated carbocycles. The summed E-state index contributed by atoms with van der Waals surface area (Å²) in [6.07, 6.45) is 2.13. The lowest BCUT2D eigenvalue weighted by Crippen LogP contribution is -2.46. The molecule has 1 fully saturated rings. The van der Waals surface area contributed by atoms with Crippen LogP contribution in [0.25, 0.3) is 33.6 Å². The van der Waals surface area contributed by atoms with E-state index in [-0.39, 0.29) is 12.1 Å². The number of aliphatic carboxylic acids is 1. The molecular formula is C29H28N4O4. The Morgan fingerprint density at radius 1 is 1.22 bits per heavy atom. The third-order valence-corrected chi connectivity index (χ3v) is 6.73. The summed E-state index contributed by atoms with van der Waals surface area (Å²) < 4.78 is 11.3. The van der Waals surface area contributed by atoms with Gasteiger partial charge in [-0.25, -0.2) is 0 Å². The van der Waals surface area contributed by atoms with Crippen LogP contribution in [0.2, 0.25) is 0 Å². The van der Waals surface area contributed by atoms with E-state index in [9.17, 15) is 15.2 Å². The predicted molar refractivity (Wildman–Crippen MR) is 139 cm³/mol. The quantitative estimate of drug-likeness (QED) is 0.358. The molecule has 0 amide bonds. The number of carboxylic acids is 1. The molecule has 0 spiro atoms. The summed E-state index contributed by atoms with van der Waals surface area (Å²) in [7, 11) is 0. The second-order valence-corrected chi connectivity index (χ2v) is 9.58. The van der Waals surface area contributed by atoms with E-state index in [1.807, 2.05) is 50.2 Å². The van der Waals surface area contributed by atoms with Gasteiger partial charge >= 0.3 is 5.97 Å². The van der Waals surface area contributed by atoms with Gasteiger partial charge in [0.1, 0.15) is 11.8 Å². The lowest BCUT2D eigenvalue weighted by molar-refractivity contribution is -0.143. The van der Waals surface area contributed by atoms with Gasteiger partial charge in [0, 0.05) is 17.2 Å². The van der Waals surface area contributed by atoms with Gasteiger partial charge in [0.15, 0.2) is 0 Å². The Hall–Kier alpha value is -4.22. The third kappa shape index (κ3) is 5.04. The van der Waals surface area contributed by atoms with Crippen LogP contribution < -0.4 is 10.1 Å². The minimum atomic E-state index is -0.749. The van der Waals surface area contributed by atoms with Crippen molar-refractivity contribution < 1.29 is 19.2 Å². The third-order valence-electron chi connectivity index (χ3n) is 6.73. The summed E-state index contributed by atoms with van der Waals surface area (Å²) in [5, 5.41) is 28.9. The molecule has 4 aromatic rings. The van der Waals surface area contributed by atoms with E-state index in [0.29, 0.717) is 41.4 Å². The first kappa shape index (κ1) is 24.5. The van der Waals surface area contributed by atoms with Crippen molar-refractivity contribution >= 4 is 16.7 Å². The number of carboxylic acid groups (broad SMARTS) is 1. The van der Waals surface area contributed by atoms with E-state index < -0.39 is 11.9 Å². The zero-order valence-corrected chi connectivity index (χ0v) is 20.8. The molecule has 0 bridgehead atoms. The average molecular weight is 497 g/mol. The monoisotopic (exact) mass is 496 g/mol. The molecule has 1 aliphatic rings. The zero-order valence-electron chi connectivity index (χ0n) is 20.8. The normalized spacial score (nSPS) is 17.6. The summed E-state index contributed by atoms with van der Waals surface area (Å²) in [5.74, 6) is 0.119. The molecule has 8 heteroatoms. The summed E-state index contributed by atoms with van der Waals surface area (Å²) in [5.41, 5.74) is 2.93. The van der Waals surface area contributed by atoms with Gasteiger partial charge in [0.2, 0.25) is 5.82 Å². The van der Waals surface area contributed by atoms with Crippen LogP contribution in [0, 0.1) is 17.2 Å². The minimum absolute atomic E-state index is 0.0480. The summed E-state index contributed by atoms with van der Waals surface area (Å²) in [4.78, 5) is 16.4. The Kier molecular flexibility index (Phi) is 6.89.